The van der Waals surface area contributed by atoms with Crippen molar-refractivity contribution in [3.8, 4) is 5.75 Å². The average molecular weight is 298 g/mol. The zero-order valence-electron chi connectivity index (χ0n) is 12.7. The number of rotatable bonds is 10. The van der Waals surface area contributed by atoms with Crippen molar-refractivity contribution in [1.82, 2.24) is 0 Å². The number of hydrogen-bond donors (Lipinski definition) is 1. The van der Waals surface area contributed by atoms with Crippen molar-refractivity contribution in [3.63, 3.8) is 0 Å². The molecule has 1 aromatic rings. The average Bonchev–Trinajstić information content (AvgIpc) is 2.40. The first-order chi connectivity index (χ1) is 9.65. The molecule has 0 radical (unpaired) electrons. The summed E-state index contributed by atoms with van der Waals surface area (Å²) in [7, 11) is -2.53. The Bertz CT molecular complexity index is 367. The number of aryl methyl sites for hydroxylation is 1. The summed E-state index contributed by atoms with van der Waals surface area (Å²) in [5, 5.41) is 9.46. The topological polar surface area (TPSA) is 47.9 Å². The van der Waals surface area contributed by atoms with Crippen LogP contribution in [0.3, 0.4) is 0 Å². The SMILES string of the molecule is CCO[Si](CCCc1cccc(O)c1)(OCC)OCC. The van der Waals surface area contributed by atoms with Crippen LogP contribution in [0.5, 0.6) is 5.75 Å². The summed E-state index contributed by atoms with van der Waals surface area (Å²) < 4.78 is 17.5. The minimum atomic E-state index is -2.53. The highest BCUT2D eigenvalue weighted by Gasteiger charge is 2.39. The Kier molecular flexibility index (Phi) is 7.83. The lowest BCUT2D eigenvalue weighted by atomic mass is 10.1. The second-order valence-corrected chi connectivity index (χ2v) is 7.24. The van der Waals surface area contributed by atoms with Crippen LogP contribution in [0.4, 0.5) is 0 Å². The zero-order valence-corrected chi connectivity index (χ0v) is 13.7. The molecule has 0 spiro atoms. The molecule has 0 saturated carbocycles. The van der Waals surface area contributed by atoms with Gasteiger partial charge in [-0.25, -0.2) is 0 Å². The summed E-state index contributed by atoms with van der Waals surface area (Å²) in [6, 6.07) is 8.17. The van der Waals surface area contributed by atoms with Gasteiger partial charge in [0.25, 0.3) is 0 Å². The molecule has 5 heteroatoms. The maximum atomic E-state index is 9.46. The van der Waals surface area contributed by atoms with Gasteiger partial charge in [0.05, 0.1) is 0 Å². The number of benzene rings is 1. The number of aromatic hydroxyl groups is 1. The normalized spacial score (nSPS) is 11.8. The summed E-state index contributed by atoms with van der Waals surface area (Å²) in [6.07, 6.45) is 1.81. The molecule has 0 aliphatic carbocycles. The van der Waals surface area contributed by atoms with E-state index in [4.69, 9.17) is 13.3 Å². The predicted octanol–water partition coefficient (Wildman–Crippen LogP) is 3.37. The molecule has 0 aliphatic rings. The van der Waals surface area contributed by atoms with Gasteiger partial charge in [0.15, 0.2) is 0 Å². The second kappa shape index (κ2) is 9.13. The van der Waals surface area contributed by atoms with Crippen LogP contribution >= 0.6 is 0 Å². The first-order valence-electron chi connectivity index (χ1n) is 7.35. The minimum Gasteiger partial charge on any atom is -0.508 e. The van der Waals surface area contributed by atoms with Gasteiger partial charge in [-0.1, -0.05) is 12.1 Å². The molecule has 0 amide bonds. The first-order valence-corrected chi connectivity index (χ1v) is 9.28. The third-order valence-electron chi connectivity index (χ3n) is 2.95. The largest absolute Gasteiger partial charge is 0.508 e. The van der Waals surface area contributed by atoms with Gasteiger partial charge in [-0.05, 0) is 51.3 Å². The lowest BCUT2D eigenvalue weighted by Gasteiger charge is -2.28. The van der Waals surface area contributed by atoms with E-state index >= 15 is 0 Å². The summed E-state index contributed by atoms with van der Waals surface area (Å²) in [6.45, 7) is 7.73. The van der Waals surface area contributed by atoms with E-state index in [9.17, 15) is 5.11 Å². The molecule has 4 nitrogen and oxygen atoms in total. The molecule has 0 saturated heterocycles. The molecular weight excluding hydrogens is 272 g/mol. The van der Waals surface area contributed by atoms with Gasteiger partial charge in [0.2, 0.25) is 0 Å². The van der Waals surface area contributed by atoms with Crippen molar-refractivity contribution >= 4 is 8.80 Å². The fourth-order valence-corrected chi connectivity index (χ4v) is 4.83. The van der Waals surface area contributed by atoms with Crippen LogP contribution in [0.2, 0.25) is 6.04 Å². The van der Waals surface area contributed by atoms with Gasteiger partial charge in [0.1, 0.15) is 5.75 Å². The molecule has 0 fully saturated rings. The highest BCUT2D eigenvalue weighted by atomic mass is 28.4. The molecule has 1 aromatic carbocycles. The smallest absolute Gasteiger partial charge is 0.500 e. The third-order valence-corrected chi connectivity index (χ3v) is 6.10. The van der Waals surface area contributed by atoms with E-state index in [-0.39, 0.29) is 0 Å². The van der Waals surface area contributed by atoms with Crippen molar-refractivity contribution in [2.45, 2.75) is 39.7 Å². The maximum Gasteiger partial charge on any atom is 0.500 e. The number of phenols is 1. The monoisotopic (exact) mass is 298 g/mol. The molecule has 0 aliphatic heterocycles. The van der Waals surface area contributed by atoms with Crippen molar-refractivity contribution < 1.29 is 18.4 Å². The Balaban J connectivity index is 2.56. The Morgan fingerprint density at radius 3 is 2.10 bits per heavy atom. The highest BCUT2D eigenvalue weighted by molar-refractivity contribution is 6.60. The standard InChI is InChI=1S/C15H26O4Si/c1-4-17-20(18-5-2,19-6-3)12-8-10-14-9-7-11-15(16)13-14/h7,9,11,13,16H,4-6,8,10,12H2,1-3H3. The summed E-state index contributed by atoms with van der Waals surface area (Å²) in [5.74, 6) is 0.311. The predicted molar refractivity (Wildman–Crippen MR) is 81.9 cm³/mol. The van der Waals surface area contributed by atoms with Crippen molar-refractivity contribution in [2.24, 2.45) is 0 Å². The van der Waals surface area contributed by atoms with E-state index in [1.54, 1.807) is 12.1 Å². The van der Waals surface area contributed by atoms with Crippen LogP contribution in [0.1, 0.15) is 32.8 Å². The van der Waals surface area contributed by atoms with Crippen molar-refractivity contribution in [3.05, 3.63) is 29.8 Å². The van der Waals surface area contributed by atoms with E-state index in [2.05, 4.69) is 0 Å². The Morgan fingerprint density at radius 2 is 1.60 bits per heavy atom. The van der Waals surface area contributed by atoms with Gasteiger partial charge in [-0.3, -0.25) is 0 Å². The van der Waals surface area contributed by atoms with E-state index < -0.39 is 8.80 Å². The highest BCUT2D eigenvalue weighted by Crippen LogP contribution is 2.21. The molecule has 1 N–H and O–H groups in total. The van der Waals surface area contributed by atoms with Crippen molar-refractivity contribution in [1.29, 1.82) is 0 Å². The maximum absolute atomic E-state index is 9.46. The minimum absolute atomic E-state index is 0.311. The molecule has 0 bridgehead atoms. The Morgan fingerprint density at radius 1 is 1.00 bits per heavy atom. The quantitative estimate of drug-likeness (QED) is 0.673. The van der Waals surface area contributed by atoms with Crippen LogP contribution < -0.4 is 0 Å². The van der Waals surface area contributed by atoms with Gasteiger partial charge >= 0.3 is 8.80 Å². The number of hydrogen-bond acceptors (Lipinski definition) is 4. The molecule has 0 unspecified atom stereocenters. The van der Waals surface area contributed by atoms with Gasteiger partial charge in [-0.15, -0.1) is 0 Å². The van der Waals surface area contributed by atoms with Crippen LogP contribution in [0, 0.1) is 0 Å². The third kappa shape index (κ3) is 5.62. The lowest BCUT2D eigenvalue weighted by Crippen LogP contribution is -2.46. The van der Waals surface area contributed by atoms with E-state index in [0.29, 0.717) is 25.6 Å². The molecule has 1 rings (SSSR count). The van der Waals surface area contributed by atoms with E-state index in [1.807, 2.05) is 32.9 Å². The second-order valence-electron chi connectivity index (χ2n) is 4.51. The molecule has 0 aromatic heterocycles. The van der Waals surface area contributed by atoms with Crippen LogP contribution in [0.15, 0.2) is 24.3 Å². The molecule has 0 heterocycles. The van der Waals surface area contributed by atoms with Gasteiger partial charge < -0.3 is 18.4 Å². The van der Waals surface area contributed by atoms with E-state index in [1.165, 1.54) is 0 Å². The Labute approximate surface area is 123 Å². The summed E-state index contributed by atoms with van der Waals surface area (Å²) in [4.78, 5) is 0. The lowest BCUT2D eigenvalue weighted by molar-refractivity contribution is 0.0708. The first kappa shape index (κ1) is 17.2. The van der Waals surface area contributed by atoms with Crippen LogP contribution in [0.25, 0.3) is 0 Å². The van der Waals surface area contributed by atoms with Gasteiger partial charge in [0, 0.05) is 25.9 Å². The summed E-state index contributed by atoms with van der Waals surface area (Å²) in [5.41, 5.74) is 1.12. The van der Waals surface area contributed by atoms with Gasteiger partial charge in [-0.2, -0.15) is 0 Å². The Hall–Kier alpha value is -0.883. The van der Waals surface area contributed by atoms with Crippen LogP contribution in [-0.2, 0) is 19.7 Å². The molecule has 0 atom stereocenters. The van der Waals surface area contributed by atoms with Crippen LogP contribution in [-0.4, -0.2) is 33.7 Å². The molecule has 20 heavy (non-hydrogen) atoms. The van der Waals surface area contributed by atoms with Crippen molar-refractivity contribution in [2.75, 3.05) is 19.8 Å². The fourth-order valence-electron chi connectivity index (χ4n) is 2.22. The summed E-state index contributed by atoms with van der Waals surface area (Å²) >= 11 is 0. The fraction of sp³-hybridized carbons (Fsp3) is 0.600. The van der Waals surface area contributed by atoms with E-state index in [0.717, 1.165) is 24.4 Å². The molecular formula is C15H26O4Si. The molecule has 114 valence electrons. The zero-order chi connectivity index (χ0) is 14.8. The number of phenolic OH excluding ortho intramolecular Hbond substituents is 1.